The van der Waals surface area contributed by atoms with E-state index >= 15 is 0 Å². The predicted octanol–water partition coefficient (Wildman–Crippen LogP) is 4.82. The molecule has 1 N–H and O–H groups in total. The number of benzene rings is 2. The topological polar surface area (TPSA) is 46.0 Å². The van der Waals surface area contributed by atoms with Crippen molar-refractivity contribution in [2.75, 3.05) is 0 Å². The maximum atomic E-state index is 13.1. The van der Waals surface area contributed by atoms with Crippen molar-refractivity contribution in [2.24, 2.45) is 5.10 Å². The molecule has 0 fully saturated rings. The van der Waals surface area contributed by atoms with Gasteiger partial charge in [0.25, 0.3) is 0 Å². The number of aromatic amines is 1. The second-order valence-corrected chi connectivity index (χ2v) is 5.79. The predicted molar refractivity (Wildman–Crippen MR) is 92.0 cm³/mol. The highest BCUT2D eigenvalue weighted by Crippen LogP contribution is 2.32. The van der Waals surface area contributed by atoms with Gasteiger partial charge in [-0.1, -0.05) is 30.3 Å². The molecular weight excluding hydrogens is 349 g/mol. The normalized spacial score (nSPS) is 12.0. The van der Waals surface area contributed by atoms with Gasteiger partial charge in [0.2, 0.25) is 4.77 Å². The summed E-state index contributed by atoms with van der Waals surface area (Å²) in [6.07, 6.45) is -2.87. The fourth-order valence-corrected chi connectivity index (χ4v) is 2.50. The SMILES string of the molecule is Cc1cc(-c2n[nH]c(=S)n2/N=C/c2ccccc2)cc(C(F)(F)F)c1. The molecule has 3 rings (SSSR count). The molecule has 0 aliphatic carbocycles. The van der Waals surface area contributed by atoms with E-state index in [1.165, 1.54) is 4.68 Å². The van der Waals surface area contributed by atoms with Crippen molar-refractivity contribution < 1.29 is 13.2 Å². The molecule has 1 aromatic heterocycles. The minimum Gasteiger partial charge on any atom is -0.250 e. The Kier molecular flexibility index (Phi) is 4.54. The van der Waals surface area contributed by atoms with Crippen LogP contribution in [0.2, 0.25) is 0 Å². The molecule has 0 unspecified atom stereocenters. The number of hydrogen-bond donors (Lipinski definition) is 1. The van der Waals surface area contributed by atoms with Crippen LogP contribution in [0.5, 0.6) is 0 Å². The fraction of sp³-hybridized carbons (Fsp3) is 0.118. The van der Waals surface area contributed by atoms with Crippen molar-refractivity contribution in [1.29, 1.82) is 0 Å². The molecule has 0 saturated heterocycles. The van der Waals surface area contributed by atoms with Crippen LogP contribution in [-0.2, 0) is 6.18 Å². The van der Waals surface area contributed by atoms with E-state index in [-0.39, 0.29) is 16.2 Å². The van der Waals surface area contributed by atoms with Crippen LogP contribution in [0, 0.1) is 11.7 Å². The van der Waals surface area contributed by atoms with Gasteiger partial charge in [0.05, 0.1) is 11.8 Å². The maximum absolute atomic E-state index is 13.1. The van der Waals surface area contributed by atoms with Crippen LogP contribution in [0.3, 0.4) is 0 Å². The fourth-order valence-electron chi connectivity index (χ4n) is 2.33. The Morgan fingerprint density at radius 1 is 1.16 bits per heavy atom. The molecule has 0 saturated carbocycles. The molecule has 3 aromatic rings. The molecular formula is C17H13F3N4S. The van der Waals surface area contributed by atoms with Gasteiger partial charge < -0.3 is 0 Å². The Balaban J connectivity index is 2.07. The first-order chi connectivity index (χ1) is 11.8. The van der Waals surface area contributed by atoms with E-state index in [1.54, 1.807) is 19.2 Å². The Morgan fingerprint density at radius 2 is 1.88 bits per heavy atom. The zero-order valence-electron chi connectivity index (χ0n) is 13.1. The molecule has 25 heavy (non-hydrogen) atoms. The molecule has 0 aliphatic rings. The first-order valence-corrected chi connectivity index (χ1v) is 7.71. The lowest BCUT2D eigenvalue weighted by Gasteiger charge is -2.10. The van der Waals surface area contributed by atoms with E-state index in [1.807, 2.05) is 30.3 Å². The van der Waals surface area contributed by atoms with Crippen LogP contribution in [0.25, 0.3) is 11.4 Å². The minimum absolute atomic E-state index is 0.192. The highest BCUT2D eigenvalue weighted by molar-refractivity contribution is 7.71. The number of halogens is 3. The molecule has 0 spiro atoms. The largest absolute Gasteiger partial charge is 0.416 e. The summed E-state index contributed by atoms with van der Waals surface area (Å²) in [5.41, 5.74) is 0.842. The van der Waals surface area contributed by atoms with Crippen molar-refractivity contribution in [2.45, 2.75) is 13.1 Å². The number of nitrogens with zero attached hydrogens (tertiary/aromatic N) is 3. The molecule has 0 atom stereocenters. The number of aromatic nitrogens is 3. The molecule has 1 heterocycles. The standard InChI is InChI=1S/C17H13F3N4S/c1-11-7-13(9-14(8-11)17(18,19)20)15-22-23-16(25)24(15)21-10-12-5-3-2-4-6-12/h2-10H,1H3,(H,23,25)/b21-10+. The van der Waals surface area contributed by atoms with Gasteiger partial charge in [-0.25, -0.2) is 5.10 Å². The highest BCUT2D eigenvalue weighted by Gasteiger charge is 2.31. The Bertz CT molecular complexity index is 972. The van der Waals surface area contributed by atoms with Crippen molar-refractivity contribution in [3.8, 4) is 11.4 Å². The molecule has 0 radical (unpaired) electrons. The van der Waals surface area contributed by atoms with Crippen molar-refractivity contribution >= 4 is 18.4 Å². The molecule has 4 nitrogen and oxygen atoms in total. The summed E-state index contributed by atoms with van der Waals surface area (Å²) in [6.45, 7) is 1.59. The number of nitrogens with one attached hydrogen (secondary N) is 1. The number of rotatable bonds is 3. The van der Waals surface area contributed by atoms with E-state index in [4.69, 9.17) is 12.2 Å². The summed E-state index contributed by atoms with van der Waals surface area (Å²) >= 11 is 5.14. The van der Waals surface area contributed by atoms with E-state index in [0.29, 0.717) is 5.56 Å². The quantitative estimate of drug-likeness (QED) is 0.536. The van der Waals surface area contributed by atoms with Gasteiger partial charge in [-0.2, -0.15) is 28.0 Å². The minimum atomic E-state index is -4.44. The zero-order chi connectivity index (χ0) is 18.0. The van der Waals surface area contributed by atoms with Gasteiger partial charge in [-0.05, 0) is 48.5 Å². The summed E-state index contributed by atoms with van der Waals surface area (Å²) < 4.78 is 40.7. The second-order valence-electron chi connectivity index (χ2n) is 5.40. The number of alkyl halides is 3. The lowest BCUT2D eigenvalue weighted by molar-refractivity contribution is -0.137. The molecule has 2 aromatic carbocycles. The zero-order valence-corrected chi connectivity index (χ0v) is 13.9. The first kappa shape index (κ1) is 17.1. The van der Waals surface area contributed by atoms with E-state index < -0.39 is 11.7 Å². The summed E-state index contributed by atoms with van der Waals surface area (Å²) in [7, 11) is 0. The average molecular weight is 362 g/mol. The van der Waals surface area contributed by atoms with Crippen LogP contribution in [0.1, 0.15) is 16.7 Å². The van der Waals surface area contributed by atoms with Crippen molar-refractivity contribution in [1.82, 2.24) is 14.9 Å². The molecule has 0 bridgehead atoms. The highest BCUT2D eigenvalue weighted by atomic mass is 32.1. The Morgan fingerprint density at radius 3 is 2.56 bits per heavy atom. The third kappa shape index (κ3) is 3.85. The van der Waals surface area contributed by atoms with E-state index in [0.717, 1.165) is 17.7 Å². The van der Waals surface area contributed by atoms with Gasteiger partial charge in [0.15, 0.2) is 5.82 Å². The van der Waals surface area contributed by atoms with Gasteiger partial charge in [0.1, 0.15) is 0 Å². The number of aryl methyl sites for hydroxylation is 1. The average Bonchev–Trinajstić information content (AvgIpc) is 2.93. The van der Waals surface area contributed by atoms with Crippen molar-refractivity contribution in [3.05, 3.63) is 70.0 Å². The smallest absolute Gasteiger partial charge is 0.250 e. The molecule has 128 valence electrons. The van der Waals surface area contributed by atoms with Gasteiger partial charge in [-0.3, -0.25) is 0 Å². The number of H-pyrrole nitrogens is 1. The van der Waals surface area contributed by atoms with Crippen LogP contribution < -0.4 is 0 Å². The lowest BCUT2D eigenvalue weighted by Crippen LogP contribution is -2.06. The Hall–Kier alpha value is -2.74. The summed E-state index contributed by atoms with van der Waals surface area (Å²) in [6, 6.07) is 13.0. The third-order valence-corrected chi connectivity index (χ3v) is 3.70. The van der Waals surface area contributed by atoms with E-state index in [9.17, 15) is 13.2 Å². The van der Waals surface area contributed by atoms with Crippen LogP contribution in [-0.4, -0.2) is 21.1 Å². The lowest BCUT2D eigenvalue weighted by atomic mass is 10.1. The maximum Gasteiger partial charge on any atom is 0.416 e. The van der Waals surface area contributed by atoms with Crippen molar-refractivity contribution in [3.63, 3.8) is 0 Å². The van der Waals surface area contributed by atoms with E-state index in [2.05, 4.69) is 15.3 Å². The molecule has 8 heteroatoms. The van der Waals surface area contributed by atoms with Crippen LogP contribution >= 0.6 is 12.2 Å². The second kappa shape index (κ2) is 6.64. The summed E-state index contributed by atoms with van der Waals surface area (Å²) in [5, 5.41) is 10.8. The summed E-state index contributed by atoms with van der Waals surface area (Å²) in [4.78, 5) is 0. The molecule has 0 amide bonds. The number of hydrogen-bond acceptors (Lipinski definition) is 3. The first-order valence-electron chi connectivity index (χ1n) is 7.31. The van der Waals surface area contributed by atoms with Crippen LogP contribution in [0.4, 0.5) is 13.2 Å². The summed E-state index contributed by atoms with van der Waals surface area (Å²) in [5.74, 6) is 0.214. The third-order valence-electron chi connectivity index (χ3n) is 3.44. The van der Waals surface area contributed by atoms with Gasteiger partial charge in [-0.15, -0.1) is 0 Å². The molecule has 0 aliphatic heterocycles. The van der Waals surface area contributed by atoms with Gasteiger partial charge in [0, 0.05) is 5.56 Å². The monoisotopic (exact) mass is 362 g/mol. The van der Waals surface area contributed by atoms with Crippen LogP contribution in [0.15, 0.2) is 53.6 Å². The Labute approximate surface area is 146 Å². The van der Waals surface area contributed by atoms with Gasteiger partial charge >= 0.3 is 6.18 Å².